The first-order chi connectivity index (χ1) is 11.3. The van der Waals surface area contributed by atoms with Gasteiger partial charge in [0.05, 0.1) is 24.9 Å². The molecule has 0 aliphatic carbocycles. The van der Waals surface area contributed by atoms with Crippen molar-refractivity contribution in [2.24, 2.45) is 5.92 Å². The maximum atomic E-state index is 9.53. The minimum Gasteiger partial charge on any atom is -0.394 e. The highest BCUT2D eigenvalue weighted by molar-refractivity contribution is 5.58. The van der Waals surface area contributed by atoms with Crippen molar-refractivity contribution >= 4 is 5.69 Å². The van der Waals surface area contributed by atoms with Gasteiger partial charge in [0.15, 0.2) is 0 Å². The van der Waals surface area contributed by atoms with E-state index in [1.165, 1.54) is 16.7 Å². The number of benzene rings is 2. The van der Waals surface area contributed by atoms with E-state index < -0.39 is 0 Å². The van der Waals surface area contributed by atoms with E-state index in [2.05, 4.69) is 60.8 Å². The second kappa shape index (κ2) is 5.99. The quantitative estimate of drug-likeness (QED) is 0.881. The van der Waals surface area contributed by atoms with Gasteiger partial charge in [-0.2, -0.15) is 0 Å². The fourth-order valence-corrected chi connectivity index (χ4v) is 4.00. The van der Waals surface area contributed by atoms with Gasteiger partial charge in [0.1, 0.15) is 0 Å². The van der Waals surface area contributed by atoms with E-state index in [-0.39, 0.29) is 24.9 Å². The summed E-state index contributed by atoms with van der Waals surface area (Å²) in [5.74, 6) is 0.398. The van der Waals surface area contributed by atoms with Gasteiger partial charge in [-0.1, -0.05) is 48.0 Å². The van der Waals surface area contributed by atoms with Gasteiger partial charge >= 0.3 is 0 Å². The number of ether oxygens (including phenoxy) is 1. The highest BCUT2D eigenvalue weighted by atomic mass is 16.5. The molecule has 120 valence electrons. The van der Waals surface area contributed by atoms with Gasteiger partial charge in [-0.25, -0.2) is 0 Å². The molecule has 2 aromatic rings. The maximum Gasteiger partial charge on any atom is 0.0900 e. The molecule has 0 bridgehead atoms. The Kier molecular flexibility index (Phi) is 3.83. The molecule has 2 aliphatic heterocycles. The van der Waals surface area contributed by atoms with Crippen molar-refractivity contribution in [3.63, 3.8) is 0 Å². The number of aliphatic hydroxyl groups excluding tert-OH is 1. The van der Waals surface area contributed by atoms with Gasteiger partial charge < -0.3 is 15.2 Å². The molecule has 2 heterocycles. The van der Waals surface area contributed by atoms with Crippen LogP contribution in [0.15, 0.2) is 48.5 Å². The van der Waals surface area contributed by atoms with Crippen LogP contribution in [0.3, 0.4) is 0 Å². The summed E-state index contributed by atoms with van der Waals surface area (Å²) in [6.45, 7) is 2.22. The number of hydrogen-bond acceptors (Lipinski definition) is 3. The van der Waals surface area contributed by atoms with E-state index in [9.17, 15) is 5.11 Å². The second-order valence-corrected chi connectivity index (χ2v) is 6.73. The molecule has 2 aromatic carbocycles. The SMILES string of the molecule is Cc1ccc2c(c1)[C@H]1O[C@@H](CO)CC[C@H]1[C@H](c1ccccc1)N2. The summed E-state index contributed by atoms with van der Waals surface area (Å²) >= 11 is 0. The Hall–Kier alpha value is -1.84. The van der Waals surface area contributed by atoms with Crippen LogP contribution in [-0.4, -0.2) is 17.8 Å². The van der Waals surface area contributed by atoms with Crippen LogP contribution in [0.1, 0.15) is 41.7 Å². The summed E-state index contributed by atoms with van der Waals surface area (Å²) in [7, 11) is 0. The van der Waals surface area contributed by atoms with E-state index in [1.54, 1.807) is 0 Å². The summed E-state index contributed by atoms with van der Waals surface area (Å²) in [5.41, 5.74) is 4.95. The van der Waals surface area contributed by atoms with E-state index in [4.69, 9.17) is 4.74 Å². The van der Waals surface area contributed by atoms with Crippen LogP contribution in [0.5, 0.6) is 0 Å². The van der Waals surface area contributed by atoms with E-state index in [0.29, 0.717) is 5.92 Å². The van der Waals surface area contributed by atoms with Crippen LogP contribution < -0.4 is 5.32 Å². The smallest absolute Gasteiger partial charge is 0.0900 e. The zero-order valence-corrected chi connectivity index (χ0v) is 13.4. The molecule has 4 atom stereocenters. The van der Waals surface area contributed by atoms with E-state index >= 15 is 0 Å². The first-order valence-electron chi connectivity index (χ1n) is 8.44. The Morgan fingerprint density at radius 3 is 2.74 bits per heavy atom. The maximum absolute atomic E-state index is 9.53. The van der Waals surface area contributed by atoms with Crippen LogP contribution in [0.2, 0.25) is 0 Å². The number of aliphatic hydroxyl groups is 1. The lowest BCUT2D eigenvalue weighted by molar-refractivity contribution is -0.110. The van der Waals surface area contributed by atoms with E-state index in [0.717, 1.165) is 18.5 Å². The van der Waals surface area contributed by atoms with Gasteiger partial charge in [-0.3, -0.25) is 0 Å². The predicted molar refractivity (Wildman–Crippen MR) is 91.4 cm³/mol. The first-order valence-corrected chi connectivity index (χ1v) is 8.44. The minimum absolute atomic E-state index is 0.0425. The molecule has 1 saturated heterocycles. The van der Waals surface area contributed by atoms with Crippen LogP contribution in [-0.2, 0) is 4.74 Å². The molecule has 0 aromatic heterocycles. The molecule has 2 aliphatic rings. The lowest BCUT2D eigenvalue weighted by Gasteiger charge is -2.45. The number of nitrogens with one attached hydrogen (secondary N) is 1. The molecule has 3 nitrogen and oxygen atoms in total. The number of hydrogen-bond donors (Lipinski definition) is 2. The summed E-state index contributed by atoms with van der Waals surface area (Å²) in [6, 6.07) is 17.4. The second-order valence-electron chi connectivity index (χ2n) is 6.73. The topological polar surface area (TPSA) is 41.5 Å². The third kappa shape index (κ3) is 2.64. The van der Waals surface area contributed by atoms with Crippen LogP contribution >= 0.6 is 0 Å². The summed E-state index contributed by atoms with van der Waals surface area (Å²) in [4.78, 5) is 0. The van der Waals surface area contributed by atoms with Gasteiger partial charge in [-0.15, -0.1) is 0 Å². The largest absolute Gasteiger partial charge is 0.394 e. The third-order valence-corrected chi connectivity index (χ3v) is 5.16. The van der Waals surface area contributed by atoms with E-state index in [1.807, 2.05) is 0 Å². The summed E-state index contributed by atoms with van der Waals surface area (Å²) < 4.78 is 6.28. The van der Waals surface area contributed by atoms with Gasteiger partial charge in [0.25, 0.3) is 0 Å². The Bertz CT molecular complexity index is 685. The predicted octanol–water partition coefficient (Wildman–Crippen LogP) is 3.99. The average Bonchev–Trinajstić information content (AvgIpc) is 2.61. The van der Waals surface area contributed by atoms with Crippen molar-refractivity contribution in [2.45, 2.75) is 38.0 Å². The molecule has 1 fully saturated rings. The van der Waals surface area contributed by atoms with Gasteiger partial charge in [0, 0.05) is 17.2 Å². The van der Waals surface area contributed by atoms with Crippen LogP contribution in [0.4, 0.5) is 5.69 Å². The molecule has 3 heteroatoms. The Balaban J connectivity index is 1.76. The average molecular weight is 309 g/mol. The molecular weight excluding hydrogens is 286 g/mol. The highest BCUT2D eigenvalue weighted by Gasteiger charge is 2.42. The Morgan fingerprint density at radius 2 is 1.96 bits per heavy atom. The molecule has 4 rings (SSSR count). The zero-order chi connectivity index (χ0) is 15.8. The number of fused-ring (bicyclic) bond motifs is 3. The number of rotatable bonds is 2. The normalized spacial score (nSPS) is 29.3. The molecule has 0 radical (unpaired) electrons. The van der Waals surface area contributed by atoms with Crippen molar-refractivity contribution in [1.82, 2.24) is 0 Å². The standard InChI is InChI=1S/C20H23NO2/c1-13-7-10-18-17(11-13)20-16(9-8-15(12-22)23-20)19(21-18)14-5-3-2-4-6-14/h2-7,10-11,15-16,19-22H,8-9,12H2,1H3/t15-,16+,19+,20+/m1/s1. The van der Waals surface area contributed by atoms with Crippen molar-refractivity contribution in [3.05, 3.63) is 65.2 Å². The fraction of sp³-hybridized carbons (Fsp3) is 0.400. The molecule has 2 N–H and O–H groups in total. The van der Waals surface area contributed by atoms with Crippen LogP contribution in [0, 0.1) is 12.8 Å². The van der Waals surface area contributed by atoms with Crippen molar-refractivity contribution in [3.8, 4) is 0 Å². The summed E-state index contributed by atoms with van der Waals surface area (Å²) in [5, 5.41) is 13.3. The lowest BCUT2D eigenvalue weighted by atomic mass is 9.76. The van der Waals surface area contributed by atoms with Gasteiger partial charge in [0.2, 0.25) is 0 Å². The molecule has 23 heavy (non-hydrogen) atoms. The van der Waals surface area contributed by atoms with Crippen molar-refractivity contribution in [1.29, 1.82) is 0 Å². The minimum atomic E-state index is -0.0425. The Morgan fingerprint density at radius 1 is 1.13 bits per heavy atom. The lowest BCUT2D eigenvalue weighted by Crippen LogP contribution is -2.40. The molecule has 0 amide bonds. The zero-order valence-electron chi connectivity index (χ0n) is 13.4. The molecule has 0 saturated carbocycles. The first kappa shape index (κ1) is 14.7. The third-order valence-electron chi connectivity index (χ3n) is 5.16. The van der Waals surface area contributed by atoms with Crippen molar-refractivity contribution < 1.29 is 9.84 Å². The highest BCUT2D eigenvalue weighted by Crippen LogP contribution is 2.50. The molecule has 0 spiro atoms. The molecule has 0 unspecified atom stereocenters. The number of anilines is 1. The van der Waals surface area contributed by atoms with Crippen molar-refractivity contribution in [2.75, 3.05) is 11.9 Å². The summed E-state index contributed by atoms with van der Waals surface area (Å²) in [6.07, 6.45) is 2.00. The van der Waals surface area contributed by atoms with Gasteiger partial charge in [-0.05, 0) is 31.4 Å². The van der Waals surface area contributed by atoms with Crippen LogP contribution in [0.25, 0.3) is 0 Å². The fourth-order valence-electron chi connectivity index (χ4n) is 4.00. The monoisotopic (exact) mass is 309 g/mol. The Labute approximate surface area is 137 Å². The molecular formula is C20H23NO2. The number of aryl methyl sites for hydroxylation is 1.